The first kappa shape index (κ1) is 21.2. The fraction of sp³-hybridized carbons (Fsp3) is 0.929. The summed E-state index contributed by atoms with van der Waals surface area (Å²) in [4.78, 5) is 11.2. The fourth-order valence-electron chi connectivity index (χ4n) is 2.40. The van der Waals surface area contributed by atoms with Gasteiger partial charge in [-0.25, -0.2) is 0 Å². The maximum absolute atomic E-state index is 11.2. The van der Waals surface area contributed by atoms with Crippen molar-refractivity contribution in [2.24, 2.45) is 0 Å². The Hall–Kier alpha value is -0.850. The average molecular weight is 353 g/mol. The van der Waals surface area contributed by atoms with E-state index in [0.717, 1.165) is 0 Å². The minimum Gasteiger partial charge on any atom is -0.394 e. The zero-order chi connectivity index (χ0) is 18.4. The number of amides is 1. The van der Waals surface area contributed by atoms with Crippen LogP contribution >= 0.6 is 0 Å². The molecule has 24 heavy (non-hydrogen) atoms. The Labute approximate surface area is 139 Å². The van der Waals surface area contributed by atoms with Crippen LogP contribution in [-0.4, -0.2) is 98.7 Å². The summed E-state index contributed by atoms with van der Waals surface area (Å²) >= 11 is 0. The van der Waals surface area contributed by atoms with E-state index >= 15 is 0 Å². The van der Waals surface area contributed by atoms with Crippen LogP contribution in [0.5, 0.6) is 0 Å². The van der Waals surface area contributed by atoms with E-state index in [4.69, 9.17) is 14.6 Å². The van der Waals surface area contributed by atoms with Gasteiger partial charge in [0.2, 0.25) is 5.91 Å². The number of nitrogens with one attached hydrogen (secondary N) is 1. The molecule has 0 saturated carbocycles. The van der Waals surface area contributed by atoms with E-state index in [1.807, 2.05) is 0 Å². The molecule has 1 aliphatic heterocycles. The monoisotopic (exact) mass is 353 g/mol. The molecule has 8 atom stereocenters. The summed E-state index contributed by atoms with van der Waals surface area (Å²) in [6, 6.07) is -0.982. The summed E-state index contributed by atoms with van der Waals surface area (Å²) in [5.74, 6) is -0.459. The Morgan fingerprint density at radius 2 is 1.83 bits per heavy atom. The molecule has 0 aromatic rings. The van der Waals surface area contributed by atoms with Gasteiger partial charge in [0.15, 0.2) is 6.29 Å². The summed E-state index contributed by atoms with van der Waals surface area (Å²) < 4.78 is 10.4. The van der Waals surface area contributed by atoms with Gasteiger partial charge in [-0.15, -0.1) is 0 Å². The van der Waals surface area contributed by atoms with Crippen LogP contribution in [0.25, 0.3) is 0 Å². The molecule has 0 aliphatic carbocycles. The highest BCUT2D eigenvalue weighted by Gasteiger charge is 2.44. The first-order chi connectivity index (χ1) is 11.2. The third kappa shape index (κ3) is 5.33. The minimum absolute atomic E-state index is 0.247. The highest BCUT2D eigenvalue weighted by molar-refractivity contribution is 5.73. The van der Waals surface area contributed by atoms with Gasteiger partial charge >= 0.3 is 0 Å². The smallest absolute Gasteiger partial charge is 0.217 e. The topological polar surface area (TPSA) is 169 Å². The largest absolute Gasteiger partial charge is 0.394 e. The lowest BCUT2D eigenvalue weighted by atomic mass is 9.99. The second-order valence-electron chi connectivity index (χ2n) is 5.80. The average Bonchev–Trinajstić information content (AvgIpc) is 2.56. The van der Waals surface area contributed by atoms with Crippen molar-refractivity contribution in [1.29, 1.82) is 0 Å². The molecule has 1 rings (SSSR count). The van der Waals surface area contributed by atoms with E-state index in [2.05, 4.69) is 5.32 Å². The van der Waals surface area contributed by atoms with Crippen molar-refractivity contribution in [3.8, 4) is 0 Å². The van der Waals surface area contributed by atoms with Crippen molar-refractivity contribution in [3.05, 3.63) is 0 Å². The predicted molar refractivity (Wildman–Crippen MR) is 79.6 cm³/mol. The van der Waals surface area contributed by atoms with Gasteiger partial charge in [0.05, 0.1) is 25.4 Å². The van der Waals surface area contributed by atoms with Gasteiger partial charge in [0.25, 0.3) is 0 Å². The fourth-order valence-corrected chi connectivity index (χ4v) is 2.40. The van der Waals surface area contributed by atoms with E-state index in [0.29, 0.717) is 0 Å². The molecule has 5 unspecified atom stereocenters. The van der Waals surface area contributed by atoms with Crippen LogP contribution in [0.15, 0.2) is 0 Å². The van der Waals surface area contributed by atoms with Crippen LogP contribution in [-0.2, 0) is 14.3 Å². The van der Waals surface area contributed by atoms with E-state index in [1.165, 1.54) is 6.92 Å². The van der Waals surface area contributed by atoms with Gasteiger partial charge in [-0.3, -0.25) is 4.79 Å². The maximum Gasteiger partial charge on any atom is 0.217 e. The van der Waals surface area contributed by atoms with Crippen LogP contribution in [0.4, 0.5) is 0 Å². The number of hydrogen-bond donors (Lipinski definition) is 7. The minimum atomic E-state index is -1.59. The molecule has 7 N–H and O–H groups in total. The molecule has 1 amide bonds. The van der Waals surface area contributed by atoms with Crippen LogP contribution in [0.1, 0.15) is 20.3 Å². The summed E-state index contributed by atoms with van der Waals surface area (Å²) in [7, 11) is 0. The molecule has 0 bridgehead atoms. The standard InChI is InChI=1S/C14H27NO9/c1-3-8(18)10(19)7(15-6(2)17)5-23-14-13(22)12(21)11(20)9(4-16)24-14/h7-14,16,18-22H,3-5H2,1-2H3,(H,15,17)/t7-,8+,9?,10-,11?,12?,13?,14?/m0/s1. The Morgan fingerprint density at radius 3 is 2.33 bits per heavy atom. The third-order valence-corrected chi connectivity index (χ3v) is 3.90. The number of aliphatic hydroxyl groups excluding tert-OH is 6. The van der Waals surface area contributed by atoms with Crippen molar-refractivity contribution < 1.29 is 44.9 Å². The Morgan fingerprint density at radius 1 is 1.21 bits per heavy atom. The van der Waals surface area contributed by atoms with Crippen molar-refractivity contribution in [2.75, 3.05) is 13.2 Å². The van der Waals surface area contributed by atoms with E-state index in [9.17, 15) is 30.3 Å². The molecule has 0 aromatic carbocycles. The molecule has 1 fully saturated rings. The second kappa shape index (κ2) is 9.59. The molecule has 0 aromatic heterocycles. The highest BCUT2D eigenvalue weighted by Crippen LogP contribution is 2.22. The number of rotatable bonds is 8. The van der Waals surface area contributed by atoms with Crippen LogP contribution < -0.4 is 5.32 Å². The van der Waals surface area contributed by atoms with Crippen LogP contribution in [0.3, 0.4) is 0 Å². The highest BCUT2D eigenvalue weighted by atomic mass is 16.7. The molecule has 0 spiro atoms. The number of carbonyl (C=O) groups excluding carboxylic acids is 1. The van der Waals surface area contributed by atoms with Gasteiger partial charge in [0.1, 0.15) is 30.5 Å². The second-order valence-corrected chi connectivity index (χ2v) is 5.80. The summed E-state index contributed by atoms with van der Waals surface area (Å²) in [6.45, 7) is 1.95. The van der Waals surface area contributed by atoms with Crippen molar-refractivity contribution in [3.63, 3.8) is 0 Å². The van der Waals surface area contributed by atoms with E-state index < -0.39 is 61.5 Å². The van der Waals surface area contributed by atoms with Crippen molar-refractivity contribution in [1.82, 2.24) is 5.32 Å². The Balaban J connectivity index is 2.72. The number of ether oxygens (including phenoxy) is 2. The number of carbonyl (C=O) groups is 1. The van der Waals surface area contributed by atoms with Crippen molar-refractivity contribution >= 4 is 5.91 Å². The van der Waals surface area contributed by atoms with E-state index in [1.54, 1.807) is 6.92 Å². The van der Waals surface area contributed by atoms with Gasteiger partial charge < -0.3 is 45.4 Å². The SMILES string of the molecule is CC[C@@H](O)[C@@H](O)[C@H](COC1OC(CO)C(O)C(O)C1O)NC(C)=O. The summed E-state index contributed by atoms with van der Waals surface area (Å²) in [5.41, 5.74) is 0. The number of aliphatic hydroxyl groups is 6. The van der Waals surface area contributed by atoms with Crippen LogP contribution in [0.2, 0.25) is 0 Å². The normalized spacial score (nSPS) is 34.4. The Bertz CT molecular complexity index is 394. The van der Waals surface area contributed by atoms with Crippen molar-refractivity contribution in [2.45, 2.75) is 69.2 Å². The van der Waals surface area contributed by atoms with Gasteiger partial charge in [-0.1, -0.05) is 6.92 Å². The lowest BCUT2D eigenvalue weighted by Gasteiger charge is -2.40. The molecule has 10 heteroatoms. The van der Waals surface area contributed by atoms with Gasteiger partial charge in [-0.05, 0) is 6.42 Å². The third-order valence-electron chi connectivity index (χ3n) is 3.90. The first-order valence-corrected chi connectivity index (χ1v) is 7.78. The zero-order valence-corrected chi connectivity index (χ0v) is 13.6. The lowest BCUT2D eigenvalue weighted by Crippen LogP contribution is -2.60. The molecule has 1 heterocycles. The molecular weight excluding hydrogens is 326 g/mol. The molecule has 1 aliphatic rings. The molecule has 0 radical (unpaired) electrons. The Kier molecular flexibility index (Phi) is 8.46. The zero-order valence-electron chi connectivity index (χ0n) is 13.6. The molecule has 10 nitrogen and oxygen atoms in total. The van der Waals surface area contributed by atoms with Crippen LogP contribution in [0, 0.1) is 0 Å². The predicted octanol–water partition coefficient (Wildman–Crippen LogP) is -3.56. The number of hydrogen-bond acceptors (Lipinski definition) is 9. The van der Waals surface area contributed by atoms with Gasteiger partial charge in [0, 0.05) is 6.92 Å². The quantitative estimate of drug-likeness (QED) is 0.233. The molecule has 1 saturated heterocycles. The maximum atomic E-state index is 11.2. The van der Waals surface area contributed by atoms with Gasteiger partial charge in [-0.2, -0.15) is 0 Å². The van der Waals surface area contributed by atoms with E-state index in [-0.39, 0.29) is 13.0 Å². The summed E-state index contributed by atoms with van der Waals surface area (Å²) in [5, 5.41) is 60.5. The molecule has 142 valence electrons. The lowest BCUT2D eigenvalue weighted by molar-refractivity contribution is -0.303. The molecular formula is C14H27NO9. The summed E-state index contributed by atoms with van der Waals surface area (Å²) in [6.07, 6.45) is -9.37. The first-order valence-electron chi connectivity index (χ1n) is 7.78.